The smallest absolute Gasteiger partial charge is 0.254 e. The van der Waals surface area contributed by atoms with Crippen LogP contribution in [0.1, 0.15) is 43.6 Å². The molecule has 28 heavy (non-hydrogen) atoms. The van der Waals surface area contributed by atoms with Crippen LogP contribution in [-0.4, -0.2) is 73.0 Å². The van der Waals surface area contributed by atoms with Gasteiger partial charge in [-0.1, -0.05) is 6.07 Å². The van der Waals surface area contributed by atoms with E-state index in [-0.39, 0.29) is 16.7 Å². The molecule has 1 aliphatic rings. The number of sulfonamides is 1. The molecular weight excluding hydrogens is 382 g/mol. The van der Waals surface area contributed by atoms with E-state index in [1.807, 2.05) is 0 Å². The first-order chi connectivity index (χ1) is 12.8. The van der Waals surface area contributed by atoms with Crippen molar-refractivity contribution in [3.05, 3.63) is 29.3 Å². The summed E-state index contributed by atoms with van der Waals surface area (Å²) in [6.45, 7) is 9.74. The summed E-state index contributed by atoms with van der Waals surface area (Å²) < 4.78 is 27.8. The summed E-state index contributed by atoms with van der Waals surface area (Å²) in [5, 5.41) is 9.42. The summed E-state index contributed by atoms with van der Waals surface area (Å²) in [6.07, 6.45) is -1.07. The first-order valence-electron chi connectivity index (χ1n) is 9.22. The van der Waals surface area contributed by atoms with Gasteiger partial charge >= 0.3 is 0 Å². The SMILES string of the molecule is Cc1ccc(S(=O)(=O)NC(C)(C)C)cc1C(=O)N1CCN(C(=O)C(C)O)CC1. The molecule has 0 saturated carbocycles. The highest BCUT2D eigenvalue weighted by Gasteiger charge is 2.28. The van der Waals surface area contributed by atoms with Gasteiger partial charge in [-0.3, -0.25) is 9.59 Å². The van der Waals surface area contributed by atoms with Crippen LogP contribution in [0.4, 0.5) is 0 Å². The number of nitrogens with one attached hydrogen (secondary N) is 1. The third-order valence-electron chi connectivity index (χ3n) is 4.43. The molecule has 0 aliphatic carbocycles. The highest BCUT2D eigenvalue weighted by Crippen LogP contribution is 2.20. The molecule has 8 nitrogen and oxygen atoms in total. The molecule has 9 heteroatoms. The van der Waals surface area contributed by atoms with Gasteiger partial charge in [0.05, 0.1) is 4.90 Å². The van der Waals surface area contributed by atoms with Crippen molar-refractivity contribution in [1.82, 2.24) is 14.5 Å². The highest BCUT2D eigenvalue weighted by atomic mass is 32.2. The lowest BCUT2D eigenvalue weighted by Crippen LogP contribution is -2.52. The number of nitrogens with zero attached hydrogens (tertiary/aromatic N) is 2. The Hall–Kier alpha value is -1.97. The number of benzene rings is 1. The van der Waals surface area contributed by atoms with Gasteiger partial charge in [-0.05, 0) is 52.3 Å². The Morgan fingerprint density at radius 2 is 1.64 bits per heavy atom. The number of aliphatic hydroxyl groups excluding tert-OH is 1. The Morgan fingerprint density at radius 3 is 2.14 bits per heavy atom. The summed E-state index contributed by atoms with van der Waals surface area (Å²) >= 11 is 0. The fourth-order valence-electron chi connectivity index (χ4n) is 3.03. The molecule has 2 N–H and O–H groups in total. The van der Waals surface area contributed by atoms with E-state index in [1.165, 1.54) is 24.0 Å². The van der Waals surface area contributed by atoms with E-state index in [4.69, 9.17) is 0 Å². The van der Waals surface area contributed by atoms with Crippen molar-refractivity contribution in [3.63, 3.8) is 0 Å². The van der Waals surface area contributed by atoms with Crippen LogP contribution in [0.15, 0.2) is 23.1 Å². The number of piperazine rings is 1. The Balaban J connectivity index is 2.20. The Morgan fingerprint density at radius 1 is 1.11 bits per heavy atom. The zero-order valence-corrected chi connectivity index (χ0v) is 17.8. The molecule has 1 heterocycles. The minimum absolute atomic E-state index is 0.0410. The lowest BCUT2D eigenvalue weighted by atomic mass is 10.1. The average Bonchev–Trinajstić information content (AvgIpc) is 2.58. The van der Waals surface area contributed by atoms with Gasteiger partial charge in [0.1, 0.15) is 6.10 Å². The van der Waals surface area contributed by atoms with Crippen molar-refractivity contribution < 1.29 is 23.1 Å². The lowest BCUT2D eigenvalue weighted by Gasteiger charge is -2.35. The molecule has 0 spiro atoms. The second-order valence-electron chi connectivity index (χ2n) is 8.13. The second-order valence-corrected chi connectivity index (χ2v) is 9.81. The van der Waals surface area contributed by atoms with Crippen molar-refractivity contribution in [3.8, 4) is 0 Å². The first-order valence-corrected chi connectivity index (χ1v) is 10.7. The highest BCUT2D eigenvalue weighted by molar-refractivity contribution is 7.89. The average molecular weight is 412 g/mol. The van der Waals surface area contributed by atoms with Gasteiger partial charge < -0.3 is 14.9 Å². The van der Waals surface area contributed by atoms with Crippen LogP contribution in [0.25, 0.3) is 0 Å². The lowest BCUT2D eigenvalue weighted by molar-refractivity contribution is -0.140. The van der Waals surface area contributed by atoms with Gasteiger partial charge in [0.2, 0.25) is 10.0 Å². The van der Waals surface area contributed by atoms with Crippen LogP contribution < -0.4 is 4.72 Å². The second kappa shape index (κ2) is 8.18. The first kappa shape index (κ1) is 22.3. The molecule has 0 aromatic heterocycles. The zero-order chi connectivity index (χ0) is 21.3. The summed E-state index contributed by atoms with van der Waals surface area (Å²) in [7, 11) is -3.75. The van der Waals surface area contributed by atoms with Crippen molar-refractivity contribution in [2.24, 2.45) is 0 Å². The van der Waals surface area contributed by atoms with Gasteiger partial charge in [0.15, 0.2) is 0 Å². The van der Waals surface area contributed by atoms with Crippen LogP contribution >= 0.6 is 0 Å². The standard InChI is InChI=1S/C19H29N3O5S/c1-13-6-7-15(28(26,27)20-19(3,4)5)12-16(13)18(25)22-10-8-21(9-11-22)17(24)14(2)23/h6-7,12,14,20,23H,8-11H2,1-5H3. The van der Waals surface area contributed by atoms with Gasteiger partial charge in [-0.2, -0.15) is 0 Å². The number of hydrogen-bond acceptors (Lipinski definition) is 5. The molecule has 156 valence electrons. The van der Waals surface area contributed by atoms with Gasteiger partial charge in [0.25, 0.3) is 11.8 Å². The third kappa shape index (κ3) is 5.30. The van der Waals surface area contributed by atoms with Gasteiger partial charge in [-0.25, -0.2) is 13.1 Å². The minimum atomic E-state index is -3.75. The van der Waals surface area contributed by atoms with E-state index in [0.29, 0.717) is 37.3 Å². The molecule has 1 fully saturated rings. The summed E-state index contributed by atoms with van der Waals surface area (Å²) in [5.74, 6) is -0.626. The predicted molar refractivity (Wildman–Crippen MR) is 105 cm³/mol. The molecule has 1 unspecified atom stereocenters. The number of aryl methyl sites for hydroxylation is 1. The van der Waals surface area contributed by atoms with Crippen LogP contribution in [0.3, 0.4) is 0 Å². The largest absolute Gasteiger partial charge is 0.384 e. The molecule has 1 aromatic rings. The molecule has 1 aliphatic heterocycles. The summed E-state index contributed by atoms with van der Waals surface area (Å²) in [4.78, 5) is 28.0. The quantitative estimate of drug-likeness (QED) is 0.760. The molecule has 0 bridgehead atoms. The molecule has 1 saturated heterocycles. The number of aliphatic hydroxyl groups is 1. The predicted octanol–water partition coefficient (Wildman–Crippen LogP) is 0.737. The summed E-state index contributed by atoms with van der Waals surface area (Å²) in [5.41, 5.74) is 0.370. The van der Waals surface area contributed by atoms with Gasteiger partial charge in [-0.15, -0.1) is 0 Å². The summed E-state index contributed by atoms with van der Waals surface area (Å²) in [6, 6.07) is 4.51. The molecule has 0 radical (unpaired) electrons. The van der Waals surface area contributed by atoms with E-state index < -0.39 is 21.7 Å². The topological polar surface area (TPSA) is 107 Å². The van der Waals surface area contributed by atoms with E-state index in [2.05, 4.69) is 4.72 Å². The molecule has 2 amide bonds. The fourth-order valence-corrected chi connectivity index (χ4v) is 4.47. The number of carbonyl (C=O) groups excluding carboxylic acids is 2. The molecule has 1 atom stereocenters. The van der Waals surface area contributed by atoms with Crippen molar-refractivity contribution in [2.75, 3.05) is 26.2 Å². The Kier molecular flexibility index (Phi) is 6.52. The molecule has 2 rings (SSSR count). The maximum Gasteiger partial charge on any atom is 0.254 e. The van der Waals surface area contributed by atoms with Gasteiger partial charge in [0, 0.05) is 37.3 Å². The van der Waals surface area contributed by atoms with Crippen molar-refractivity contribution in [1.29, 1.82) is 0 Å². The maximum absolute atomic E-state index is 13.0. The normalized spacial score (nSPS) is 16.8. The molecular formula is C19H29N3O5S. The van der Waals surface area contributed by atoms with Crippen LogP contribution in [0.5, 0.6) is 0 Å². The third-order valence-corrected chi connectivity index (χ3v) is 6.18. The van der Waals surface area contributed by atoms with Crippen molar-refractivity contribution in [2.45, 2.75) is 51.2 Å². The minimum Gasteiger partial charge on any atom is -0.384 e. The Bertz CT molecular complexity index is 851. The number of carbonyl (C=O) groups is 2. The van der Waals surface area contributed by atoms with Crippen molar-refractivity contribution >= 4 is 21.8 Å². The van der Waals surface area contributed by atoms with E-state index in [0.717, 1.165) is 0 Å². The molecule has 1 aromatic carbocycles. The van der Waals surface area contributed by atoms with E-state index in [1.54, 1.807) is 38.7 Å². The van der Waals surface area contributed by atoms with Crippen LogP contribution in [0.2, 0.25) is 0 Å². The van der Waals surface area contributed by atoms with Crippen LogP contribution in [-0.2, 0) is 14.8 Å². The maximum atomic E-state index is 13.0. The van der Waals surface area contributed by atoms with E-state index in [9.17, 15) is 23.1 Å². The number of hydrogen-bond donors (Lipinski definition) is 2. The monoisotopic (exact) mass is 411 g/mol. The van der Waals surface area contributed by atoms with Crippen LogP contribution in [0, 0.1) is 6.92 Å². The fraction of sp³-hybridized carbons (Fsp3) is 0.579. The zero-order valence-electron chi connectivity index (χ0n) is 17.0. The number of rotatable bonds is 4. The Labute approximate surface area is 166 Å². The van der Waals surface area contributed by atoms with E-state index >= 15 is 0 Å². The number of amides is 2.